The Hall–Kier alpha value is -2.31. The van der Waals surface area contributed by atoms with Crippen LogP contribution in [0.15, 0.2) is 59.3 Å². The highest BCUT2D eigenvalue weighted by molar-refractivity contribution is 7.86. The fourth-order valence-electron chi connectivity index (χ4n) is 3.12. The van der Waals surface area contributed by atoms with Gasteiger partial charge in [-0.2, -0.15) is 16.8 Å². The Morgan fingerprint density at radius 2 is 1.65 bits per heavy atom. The van der Waals surface area contributed by atoms with Gasteiger partial charge in [0.15, 0.2) is 0 Å². The van der Waals surface area contributed by atoms with Crippen molar-refractivity contribution in [2.45, 2.75) is 40.2 Å². The van der Waals surface area contributed by atoms with E-state index in [1.54, 1.807) is 25.2 Å². The smallest absolute Gasteiger partial charge is 0.264 e. The number of aliphatic hydroxyl groups excluding tert-OH is 1. The molecule has 0 aliphatic rings. The maximum Gasteiger partial charge on any atom is 0.264 e. The van der Waals surface area contributed by atoms with Crippen LogP contribution in [0.2, 0.25) is 0 Å². The van der Waals surface area contributed by atoms with Crippen LogP contribution in [0.25, 0.3) is 0 Å². The molecule has 0 heterocycles. The molecule has 190 valence electrons. The SMILES string of the molecule is CC(/C=C/C=C/C=C(\C)N(CCCS(=O)(=O)O)c1cccc(CO)c1C)=NCCCS(=O)(=O)O. The zero-order valence-electron chi connectivity index (χ0n) is 19.8. The van der Waals surface area contributed by atoms with Crippen LogP contribution in [0.5, 0.6) is 0 Å². The molecule has 11 heteroatoms. The standard InChI is InChI=1S/C23H34N2O7S2/c1-19(24-14-8-16-33(27,28)29)10-5-4-6-11-20(2)25(15-9-17-34(30,31)32)23-13-7-12-22(18-26)21(23)3/h4-7,10-13,26H,8-9,14-18H2,1-3H3,(H,27,28,29)(H,30,31,32)/b6-4+,10-5+,20-11+,24-19?. The molecule has 34 heavy (non-hydrogen) atoms. The first-order chi connectivity index (χ1) is 15.8. The number of anilines is 1. The van der Waals surface area contributed by atoms with E-state index < -0.39 is 20.2 Å². The zero-order chi connectivity index (χ0) is 25.8. The second-order valence-corrected chi connectivity index (χ2v) is 10.9. The third-order valence-electron chi connectivity index (χ3n) is 4.91. The quantitative estimate of drug-likeness (QED) is 0.148. The number of aliphatic imine (C=N–C) groups is 1. The van der Waals surface area contributed by atoms with Crippen LogP contribution in [0.4, 0.5) is 5.69 Å². The number of aliphatic hydroxyl groups is 1. The van der Waals surface area contributed by atoms with Gasteiger partial charge in [0.25, 0.3) is 20.2 Å². The fourth-order valence-corrected chi connectivity index (χ4v) is 4.11. The average molecular weight is 515 g/mol. The van der Waals surface area contributed by atoms with Crippen LogP contribution in [0, 0.1) is 6.92 Å². The van der Waals surface area contributed by atoms with Gasteiger partial charge in [-0.05, 0) is 63.0 Å². The summed E-state index contributed by atoms with van der Waals surface area (Å²) in [7, 11) is -8.03. The Morgan fingerprint density at radius 1 is 1.00 bits per heavy atom. The predicted molar refractivity (Wildman–Crippen MR) is 137 cm³/mol. The number of rotatable bonds is 14. The summed E-state index contributed by atoms with van der Waals surface area (Å²) in [5, 5.41) is 9.58. The molecule has 3 N–H and O–H groups in total. The van der Waals surface area contributed by atoms with Gasteiger partial charge in [0, 0.05) is 30.2 Å². The van der Waals surface area contributed by atoms with Gasteiger partial charge in [0.05, 0.1) is 18.1 Å². The Bertz CT molecular complexity index is 1140. The summed E-state index contributed by atoms with van der Waals surface area (Å²) < 4.78 is 61.4. The van der Waals surface area contributed by atoms with Crippen molar-refractivity contribution in [2.24, 2.45) is 4.99 Å². The molecule has 1 aromatic rings. The normalized spacial score (nSPS) is 13.8. The summed E-state index contributed by atoms with van der Waals surface area (Å²) in [6, 6.07) is 5.55. The molecule has 0 fully saturated rings. The Balaban J connectivity index is 2.92. The minimum Gasteiger partial charge on any atom is -0.392 e. The van der Waals surface area contributed by atoms with E-state index in [1.165, 1.54) is 0 Å². The van der Waals surface area contributed by atoms with Gasteiger partial charge in [0.1, 0.15) is 0 Å². The van der Waals surface area contributed by atoms with Gasteiger partial charge >= 0.3 is 0 Å². The van der Waals surface area contributed by atoms with Gasteiger partial charge in [-0.3, -0.25) is 14.1 Å². The van der Waals surface area contributed by atoms with Crippen molar-refractivity contribution in [3.05, 3.63) is 65.4 Å². The minimum atomic E-state index is -4.06. The van der Waals surface area contributed by atoms with Crippen LogP contribution < -0.4 is 4.90 Å². The third kappa shape index (κ3) is 12.2. The van der Waals surface area contributed by atoms with Crippen LogP contribution >= 0.6 is 0 Å². The topological polar surface area (TPSA) is 145 Å². The number of hydrogen-bond donors (Lipinski definition) is 3. The van der Waals surface area contributed by atoms with Crippen molar-refractivity contribution in [2.75, 3.05) is 29.5 Å². The molecule has 0 spiro atoms. The van der Waals surface area contributed by atoms with Crippen molar-refractivity contribution < 1.29 is 31.0 Å². The van der Waals surface area contributed by atoms with Gasteiger partial charge in [0.2, 0.25) is 0 Å². The highest BCUT2D eigenvalue weighted by atomic mass is 32.2. The lowest BCUT2D eigenvalue weighted by Crippen LogP contribution is -2.25. The molecule has 1 aromatic carbocycles. The van der Waals surface area contributed by atoms with Crippen molar-refractivity contribution in [1.29, 1.82) is 0 Å². The van der Waals surface area contributed by atoms with Crippen molar-refractivity contribution in [3.63, 3.8) is 0 Å². The summed E-state index contributed by atoms with van der Waals surface area (Å²) in [4.78, 5) is 6.15. The third-order valence-corrected chi connectivity index (χ3v) is 6.52. The number of benzene rings is 1. The lowest BCUT2D eigenvalue weighted by atomic mass is 10.1. The van der Waals surface area contributed by atoms with E-state index in [2.05, 4.69) is 4.99 Å². The molecule has 0 radical (unpaired) electrons. The Kier molecular flexibility index (Phi) is 12.4. The lowest BCUT2D eigenvalue weighted by molar-refractivity contribution is 0.281. The zero-order valence-corrected chi connectivity index (χ0v) is 21.4. The molecule has 0 aliphatic heterocycles. The second-order valence-electron chi connectivity index (χ2n) is 7.73. The van der Waals surface area contributed by atoms with Gasteiger partial charge in [-0.1, -0.05) is 30.4 Å². The van der Waals surface area contributed by atoms with Crippen LogP contribution in [0.1, 0.15) is 37.8 Å². The monoisotopic (exact) mass is 514 g/mol. The summed E-state index contributed by atoms with van der Waals surface area (Å²) in [5.41, 5.74) is 4.05. The second kappa shape index (κ2) is 14.2. The molecule has 0 atom stereocenters. The van der Waals surface area contributed by atoms with Gasteiger partial charge < -0.3 is 10.0 Å². The fraction of sp³-hybridized carbons (Fsp3) is 0.435. The molecule has 0 amide bonds. The van der Waals surface area contributed by atoms with E-state index in [4.69, 9.17) is 9.11 Å². The molecule has 0 aliphatic carbocycles. The Morgan fingerprint density at radius 3 is 2.26 bits per heavy atom. The minimum absolute atomic E-state index is 0.108. The number of allylic oxidation sites excluding steroid dienone is 6. The summed E-state index contributed by atoms with van der Waals surface area (Å²) >= 11 is 0. The predicted octanol–water partition coefficient (Wildman–Crippen LogP) is 3.33. The molecular weight excluding hydrogens is 480 g/mol. The van der Waals surface area contributed by atoms with Gasteiger partial charge in [-0.15, -0.1) is 0 Å². The summed E-state index contributed by atoms with van der Waals surface area (Å²) in [6.45, 7) is 6.10. The van der Waals surface area contributed by atoms with E-state index in [0.29, 0.717) is 18.8 Å². The van der Waals surface area contributed by atoms with E-state index >= 15 is 0 Å². The maximum absolute atomic E-state index is 11.1. The first-order valence-corrected chi connectivity index (χ1v) is 14.0. The Labute approximate surface area is 202 Å². The van der Waals surface area contributed by atoms with Crippen LogP contribution in [-0.4, -0.2) is 61.4 Å². The first kappa shape index (κ1) is 29.7. The van der Waals surface area contributed by atoms with Crippen LogP contribution in [0.3, 0.4) is 0 Å². The van der Waals surface area contributed by atoms with Crippen molar-refractivity contribution in [1.82, 2.24) is 0 Å². The molecule has 0 unspecified atom stereocenters. The molecule has 0 bridgehead atoms. The van der Waals surface area contributed by atoms with E-state index in [9.17, 15) is 21.9 Å². The van der Waals surface area contributed by atoms with Crippen molar-refractivity contribution in [3.8, 4) is 0 Å². The van der Waals surface area contributed by atoms with Crippen molar-refractivity contribution >= 4 is 31.6 Å². The maximum atomic E-state index is 11.1. The number of hydrogen-bond acceptors (Lipinski definition) is 7. The van der Waals surface area contributed by atoms with E-state index in [0.717, 1.165) is 22.5 Å². The summed E-state index contributed by atoms with van der Waals surface area (Å²) in [5.74, 6) is -0.671. The molecule has 0 saturated carbocycles. The lowest BCUT2D eigenvalue weighted by Gasteiger charge is -2.28. The molecular formula is C23H34N2O7S2. The highest BCUT2D eigenvalue weighted by Crippen LogP contribution is 2.27. The summed E-state index contributed by atoms with van der Waals surface area (Å²) in [6.07, 6.45) is 9.50. The molecule has 1 rings (SSSR count). The van der Waals surface area contributed by atoms with Gasteiger partial charge in [-0.25, -0.2) is 0 Å². The first-order valence-electron chi connectivity index (χ1n) is 10.7. The average Bonchev–Trinajstić information content (AvgIpc) is 2.73. The van der Waals surface area contributed by atoms with E-state index in [-0.39, 0.29) is 31.0 Å². The number of nitrogens with zero attached hydrogens (tertiary/aromatic N) is 2. The molecule has 9 nitrogen and oxygen atoms in total. The largest absolute Gasteiger partial charge is 0.392 e. The highest BCUT2D eigenvalue weighted by Gasteiger charge is 2.14. The molecule has 0 saturated heterocycles. The van der Waals surface area contributed by atoms with E-state index in [1.807, 2.05) is 49.1 Å². The molecule has 0 aromatic heterocycles. The van der Waals surface area contributed by atoms with Crippen LogP contribution in [-0.2, 0) is 26.8 Å².